The Kier molecular flexibility index (Phi) is 2.67. The number of hydrogen-bond acceptors (Lipinski definition) is 2. The lowest BCUT2D eigenvalue weighted by molar-refractivity contribution is 0.808. The highest BCUT2D eigenvalue weighted by molar-refractivity contribution is 5.42. The monoisotopic (exact) mass is 174 g/mol. The van der Waals surface area contributed by atoms with Gasteiger partial charge in [0.25, 0.3) is 0 Å². The van der Waals surface area contributed by atoms with E-state index in [0.717, 1.165) is 22.5 Å². The predicted molar refractivity (Wildman–Crippen MR) is 52.5 cm³/mol. The molecule has 68 valence electrons. The smallest absolute Gasteiger partial charge is 0.101 e. The molecule has 2 nitrogen and oxygen atoms in total. The van der Waals surface area contributed by atoms with Crippen LogP contribution >= 0.6 is 0 Å². The van der Waals surface area contributed by atoms with E-state index in [-0.39, 0.29) is 0 Å². The molecule has 1 aromatic heterocycles. The molecular weight excluding hydrogens is 160 g/mol. The molecule has 2 heteroatoms. The highest BCUT2D eigenvalue weighted by Crippen LogP contribution is 2.20. The van der Waals surface area contributed by atoms with E-state index in [2.05, 4.69) is 24.9 Å². The van der Waals surface area contributed by atoms with Crippen molar-refractivity contribution in [3.8, 4) is 6.07 Å². The van der Waals surface area contributed by atoms with E-state index in [0.29, 0.717) is 5.92 Å². The molecule has 0 aliphatic heterocycles. The van der Waals surface area contributed by atoms with E-state index in [1.165, 1.54) is 0 Å². The topological polar surface area (TPSA) is 36.7 Å². The van der Waals surface area contributed by atoms with Crippen molar-refractivity contribution in [3.63, 3.8) is 0 Å². The summed E-state index contributed by atoms with van der Waals surface area (Å²) in [5.74, 6) is 0.313. The van der Waals surface area contributed by atoms with Gasteiger partial charge < -0.3 is 0 Å². The van der Waals surface area contributed by atoms with Crippen molar-refractivity contribution in [2.24, 2.45) is 0 Å². The van der Waals surface area contributed by atoms with Crippen molar-refractivity contribution in [3.05, 3.63) is 28.6 Å². The van der Waals surface area contributed by atoms with Crippen molar-refractivity contribution in [2.75, 3.05) is 0 Å². The minimum Gasteiger partial charge on any atom is -0.257 e. The van der Waals surface area contributed by atoms with E-state index in [4.69, 9.17) is 5.26 Å². The lowest BCUT2D eigenvalue weighted by Gasteiger charge is -2.09. The van der Waals surface area contributed by atoms with Crippen LogP contribution in [-0.4, -0.2) is 4.98 Å². The van der Waals surface area contributed by atoms with Crippen LogP contribution in [0.25, 0.3) is 0 Å². The largest absolute Gasteiger partial charge is 0.257 e. The van der Waals surface area contributed by atoms with Gasteiger partial charge in [-0.2, -0.15) is 5.26 Å². The number of nitriles is 1. The number of pyridine rings is 1. The Morgan fingerprint density at radius 3 is 2.46 bits per heavy atom. The van der Waals surface area contributed by atoms with Crippen LogP contribution in [0.1, 0.15) is 42.3 Å². The molecule has 1 aromatic rings. The second-order valence-corrected chi connectivity index (χ2v) is 3.61. The molecule has 1 heterocycles. The summed E-state index contributed by atoms with van der Waals surface area (Å²) in [6.45, 7) is 8.03. The molecule has 0 spiro atoms. The van der Waals surface area contributed by atoms with E-state index < -0.39 is 0 Å². The van der Waals surface area contributed by atoms with Gasteiger partial charge in [0.15, 0.2) is 0 Å². The minimum atomic E-state index is 0.313. The first kappa shape index (κ1) is 9.73. The van der Waals surface area contributed by atoms with Gasteiger partial charge in [-0.15, -0.1) is 0 Å². The molecule has 0 fully saturated rings. The first-order chi connectivity index (χ1) is 6.06. The van der Waals surface area contributed by atoms with Crippen molar-refractivity contribution in [2.45, 2.75) is 33.6 Å². The van der Waals surface area contributed by atoms with E-state index in [1.807, 2.05) is 19.9 Å². The fraction of sp³-hybridized carbons (Fsp3) is 0.455. The summed E-state index contributed by atoms with van der Waals surface area (Å²) in [5, 5.41) is 8.95. The zero-order valence-electron chi connectivity index (χ0n) is 8.55. The summed E-state index contributed by atoms with van der Waals surface area (Å²) >= 11 is 0. The van der Waals surface area contributed by atoms with Gasteiger partial charge in [-0.25, -0.2) is 0 Å². The molecule has 0 atom stereocenters. The Balaban J connectivity index is 3.41. The lowest BCUT2D eigenvalue weighted by atomic mass is 10.00. The Morgan fingerprint density at radius 1 is 1.38 bits per heavy atom. The fourth-order valence-corrected chi connectivity index (χ4v) is 1.43. The predicted octanol–water partition coefficient (Wildman–Crippen LogP) is 2.69. The quantitative estimate of drug-likeness (QED) is 0.656. The molecule has 0 saturated carbocycles. The third-order valence-corrected chi connectivity index (χ3v) is 2.03. The lowest BCUT2D eigenvalue weighted by Crippen LogP contribution is -2.01. The van der Waals surface area contributed by atoms with Gasteiger partial charge in [-0.05, 0) is 31.4 Å². The van der Waals surface area contributed by atoms with Crippen LogP contribution in [0.2, 0.25) is 0 Å². The van der Waals surface area contributed by atoms with Crippen LogP contribution in [0, 0.1) is 25.2 Å². The summed E-state index contributed by atoms with van der Waals surface area (Å²) in [6, 6.07) is 4.16. The fourth-order valence-electron chi connectivity index (χ4n) is 1.43. The number of nitrogens with zero attached hydrogens (tertiary/aromatic N) is 2. The summed E-state index contributed by atoms with van der Waals surface area (Å²) < 4.78 is 0. The SMILES string of the molecule is Cc1cc(C)c(C#N)c(C(C)C)n1. The van der Waals surface area contributed by atoms with Crippen molar-refractivity contribution in [1.29, 1.82) is 5.26 Å². The summed E-state index contributed by atoms with van der Waals surface area (Å²) in [7, 11) is 0. The Hall–Kier alpha value is -1.36. The maximum absolute atomic E-state index is 8.95. The molecule has 0 saturated heterocycles. The number of rotatable bonds is 1. The average Bonchev–Trinajstić information content (AvgIpc) is 2.02. The maximum atomic E-state index is 8.95. The van der Waals surface area contributed by atoms with Gasteiger partial charge in [0.1, 0.15) is 6.07 Å². The van der Waals surface area contributed by atoms with Crippen LogP contribution in [0.5, 0.6) is 0 Å². The van der Waals surface area contributed by atoms with Crippen LogP contribution in [-0.2, 0) is 0 Å². The van der Waals surface area contributed by atoms with Crippen molar-refractivity contribution >= 4 is 0 Å². The van der Waals surface area contributed by atoms with Gasteiger partial charge in [0, 0.05) is 5.69 Å². The summed E-state index contributed by atoms with van der Waals surface area (Å²) in [4.78, 5) is 4.38. The van der Waals surface area contributed by atoms with Crippen molar-refractivity contribution in [1.82, 2.24) is 4.98 Å². The van der Waals surface area contributed by atoms with Crippen molar-refractivity contribution < 1.29 is 0 Å². The number of aromatic nitrogens is 1. The number of hydrogen-bond donors (Lipinski definition) is 0. The van der Waals surface area contributed by atoms with Gasteiger partial charge in [-0.1, -0.05) is 13.8 Å². The molecule has 0 amide bonds. The van der Waals surface area contributed by atoms with Crippen LogP contribution in [0.15, 0.2) is 6.07 Å². The molecule has 0 bridgehead atoms. The zero-order chi connectivity index (χ0) is 10.0. The number of aryl methyl sites for hydroxylation is 2. The second kappa shape index (κ2) is 3.57. The summed E-state index contributed by atoms with van der Waals surface area (Å²) in [5.41, 5.74) is 3.67. The molecule has 1 rings (SSSR count). The molecule has 0 N–H and O–H groups in total. The van der Waals surface area contributed by atoms with E-state index in [1.54, 1.807) is 0 Å². The Morgan fingerprint density at radius 2 is 2.00 bits per heavy atom. The van der Waals surface area contributed by atoms with Crippen LogP contribution in [0.4, 0.5) is 0 Å². The third-order valence-electron chi connectivity index (χ3n) is 2.03. The average molecular weight is 174 g/mol. The third kappa shape index (κ3) is 1.86. The van der Waals surface area contributed by atoms with Crippen LogP contribution in [0.3, 0.4) is 0 Å². The molecular formula is C11H14N2. The highest BCUT2D eigenvalue weighted by Gasteiger charge is 2.10. The molecule has 0 aliphatic rings. The zero-order valence-corrected chi connectivity index (χ0v) is 8.55. The normalized spacial score (nSPS) is 10.2. The molecule has 13 heavy (non-hydrogen) atoms. The standard InChI is InChI=1S/C11H14N2/c1-7(2)11-10(6-12)8(3)5-9(4)13-11/h5,7H,1-4H3. The van der Waals surface area contributed by atoms with Crippen LogP contribution < -0.4 is 0 Å². The molecule has 0 aliphatic carbocycles. The second-order valence-electron chi connectivity index (χ2n) is 3.61. The van der Waals surface area contributed by atoms with Gasteiger partial charge in [0.2, 0.25) is 0 Å². The Bertz CT molecular complexity index is 359. The molecule has 0 unspecified atom stereocenters. The Labute approximate surface area is 79.2 Å². The van der Waals surface area contributed by atoms with Gasteiger partial charge in [0.05, 0.1) is 11.3 Å². The first-order valence-corrected chi connectivity index (χ1v) is 4.44. The van der Waals surface area contributed by atoms with Gasteiger partial charge >= 0.3 is 0 Å². The van der Waals surface area contributed by atoms with E-state index in [9.17, 15) is 0 Å². The van der Waals surface area contributed by atoms with E-state index >= 15 is 0 Å². The maximum Gasteiger partial charge on any atom is 0.101 e. The summed E-state index contributed by atoms with van der Waals surface area (Å²) in [6.07, 6.45) is 0. The minimum absolute atomic E-state index is 0.313. The molecule has 0 radical (unpaired) electrons. The first-order valence-electron chi connectivity index (χ1n) is 4.44. The molecule has 0 aromatic carbocycles. The highest BCUT2D eigenvalue weighted by atomic mass is 14.7. The van der Waals surface area contributed by atoms with Gasteiger partial charge in [-0.3, -0.25) is 4.98 Å².